The van der Waals surface area contributed by atoms with E-state index in [0.717, 1.165) is 5.56 Å². The van der Waals surface area contributed by atoms with Gasteiger partial charge in [-0.05, 0) is 48.5 Å². The van der Waals surface area contributed by atoms with E-state index in [1.54, 1.807) is 48.9 Å². The summed E-state index contributed by atoms with van der Waals surface area (Å²) < 4.78 is 18.0. The van der Waals surface area contributed by atoms with Crippen LogP contribution in [-0.4, -0.2) is 18.1 Å². The number of nitrogens with one attached hydrogen (secondary N) is 2. The highest BCUT2D eigenvalue weighted by atomic mass is 32.1. The van der Waals surface area contributed by atoms with E-state index >= 15 is 0 Å². The number of nitrogens with zero attached hydrogens (tertiary/aromatic N) is 1. The van der Waals surface area contributed by atoms with Gasteiger partial charge in [0.1, 0.15) is 11.6 Å². The molecule has 3 aromatic rings. The fourth-order valence-corrected chi connectivity index (χ4v) is 2.73. The molecule has 5 nitrogen and oxygen atoms in total. The minimum absolute atomic E-state index is 0.300. The molecule has 24 heavy (non-hydrogen) atoms. The van der Waals surface area contributed by atoms with Gasteiger partial charge < -0.3 is 10.1 Å². The molecule has 0 aliphatic heterocycles. The minimum Gasteiger partial charge on any atom is -0.497 e. The summed E-state index contributed by atoms with van der Waals surface area (Å²) in [6, 6.07) is 12.6. The molecule has 2 N–H and O–H groups in total. The van der Waals surface area contributed by atoms with Gasteiger partial charge in [-0.2, -0.15) is 0 Å². The molecule has 2 aromatic carbocycles. The lowest BCUT2D eigenvalue weighted by Gasteiger charge is -2.06. The first-order chi connectivity index (χ1) is 11.6. The Morgan fingerprint density at radius 3 is 2.46 bits per heavy atom. The van der Waals surface area contributed by atoms with Crippen LogP contribution in [0, 0.1) is 5.82 Å². The zero-order chi connectivity index (χ0) is 16.9. The molecule has 2 amide bonds. The highest BCUT2D eigenvalue weighted by molar-refractivity contribution is 7.14. The van der Waals surface area contributed by atoms with Gasteiger partial charge in [-0.15, -0.1) is 11.3 Å². The van der Waals surface area contributed by atoms with Crippen molar-refractivity contribution in [1.29, 1.82) is 0 Å². The summed E-state index contributed by atoms with van der Waals surface area (Å²) in [6.07, 6.45) is 0. The van der Waals surface area contributed by atoms with Gasteiger partial charge in [0.2, 0.25) is 0 Å². The van der Waals surface area contributed by atoms with Crippen molar-refractivity contribution in [3.8, 4) is 17.0 Å². The molecular weight excluding hydrogens is 329 g/mol. The Bertz CT molecular complexity index is 832. The van der Waals surface area contributed by atoms with E-state index in [-0.39, 0.29) is 11.8 Å². The Morgan fingerprint density at radius 1 is 1.08 bits per heavy atom. The Balaban J connectivity index is 1.63. The summed E-state index contributed by atoms with van der Waals surface area (Å²) in [5.41, 5.74) is 2.11. The number of hydrogen-bond acceptors (Lipinski definition) is 4. The van der Waals surface area contributed by atoms with Crippen molar-refractivity contribution in [2.24, 2.45) is 0 Å². The number of methoxy groups -OCH3 is 1. The fourth-order valence-electron chi connectivity index (χ4n) is 2.02. The first-order valence-electron chi connectivity index (χ1n) is 7.07. The molecule has 0 bridgehead atoms. The number of urea groups is 1. The van der Waals surface area contributed by atoms with Crippen LogP contribution in [0.25, 0.3) is 11.3 Å². The van der Waals surface area contributed by atoms with E-state index in [9.17, 15) is 9.18 Å². The van der Waals surface area contributed by atoms with Crippen molar-refractivity contribution in [3.05, 3.63) is 59.7 Å². The zero-order valence-corrected chi connectivity index (χ0v) is 13.6. The molecule has 0 fully saturated rings. The second-order valence-corrected chi connectivity index (χ2v) is 5.71. The molecule has 0 saturated heterocycles. The number of carbonyl (C=O) groups excluding carboxylic acids is 1. The van der Waals surface area contributed by atoms with Gasteiger partial charge in [-0.25, -0.2) is 14.2 Å². The molecule has 3 rings (SSSR count). The van der Waals surface area contributed by atoms with Crippen molar-refractivity contribution in [2.75, 3.05) is 17.7 Å². The largest absolute Gasteiger partial charge is 0.497 e. The number of hydrogen-bond donors (Lipinski definition) is 2. The van der Waals surface area contributed by atoms with Crippen LogP contribution in [-0.2, 0) is 0 Å². The van der Waals surface area contributed by atoms with Crippen molar-refractivity contribution < 1.29 is 13.9 Å². The summed E-state index contributed by atoms with van der Waals surface area (Å²) >= 11 is 1.30. The molecular formula is C17H14FN3O2S. The highest BCUT2D eigenvalue weighted by Gasteiger charge is 2.08. The first-order valence-corrected chi connectivity index (χ1v) is 7.95. The van der Waals surface area contributed by atoms with Gasteiger partial charge in [0, 0.05) is 16.6 Å². The lowest BCUT2D eigenvalue weighted by atomic mass is 10.2. The van der Waals surface area contributed by atoms with Gasteiger partial charge in [-0.1, -0.05) is 0 Å². The standard InChI is InChI=1S/C17H14FN3O2S/c1-23-14-8-6-13(7-9-14)19-16(22)21-17-20-15(10-24-17)11-2-4-12(18)5-3-11/h2-10H,1H3,(H2,19,20,21,22). The van der Waals surface area contributed by atoms with Crippen molar-refractivity contribution in [3.63, 3.8) is 0 Å². The first kappa shape index (κ1) is 15.9. The molecule has 7 heteroatoms. The van der Waals surface area contributed by atoms with E-state index in [1.165, 1.54) is 23.5 Å². The molecule has 0 atom stereocenters. The Labute approximate surface area is 142 Å². The van der Waals surface area contributed by atoms with Crippen LogP contribution in [0.4, 0.5) is 20.0 Å². The van der Waals surface area contributed by atoms with Crippen LogP contribution in [0.3, 0.4) is 0 Å². The Morgan fingerprint density at radius 2 is 1.79 bits per heavy atom. The average Bonchev–Trinajstić information content (AvgIpc) is 3.04. The summed E-state index contributed by atoms with van der Waals surface area (Å²) in [5.74, 6) is 0.413. The lowest BCUT2D eigenvalue weighted by Crippen LogP contribution is -2.19. The van der Waals surface area contributed by atoms with Crippen LogP contribution in [0.15, 0.2) is 53.9 Å². The number of rotatable bonds is 4. The van der Waals surface area contributed by atoms with Crippen LogP contribution >= 0.6 is 11.3 Å². The lowest BCUT2D eigenvalue weighted by molar-refractivity contribution is 0.262. The van der Waals surface area contributed by atoms with Crippen LogP contribution in [0.1, 0.15) is 0 Å². The summed E-state index contributed by atoms with van der Waals surface area (Å²) in [6.45, 7) is 0. The number of halogens is 1. The highest BCUT2D eigenvalue weighted by Crippen LogP contribution is 2.25. The van der Waals surface area contributed by atoms with E-state index < -0.39 is 0 Å². The second-order valence-electron chi connectivity index (χ2n) is 4.85. The third-order valence-corrected chi connectivity index (χ3v) is 3.97. The Hall–Kier alpha value is -2.93. The maximum absolute atomic E-state index is 12.9. The molecule has 0 aliphatic carbocycles. The fraction of sp³-hybridized carbons (Fsp3) is 0.0588. The van der Waals surface area contributed by atoms with Gasteiger partial charge in [-0.3, -0.25) is 5.32 Å². The molecule has 0 spiro atoms. The maximum atomic E-state index is 12.9. The summed E-state index contributed by atoms with van der Waals surface area (Å²) in [4.78, 5) is 16.3. The number of ether oxygens (including phenoxy) is 1. The van der Waals surface area contributed by atoms with Gasteiger partial charge in [0.15, 0.2) is 5.13 Å². The van der Waals surface area contributed by atoms with Crippen LogP contribution < -0.4 is 15.4 Å². The SMILES string of the molecule is COc1ccc(NC(=O)Nc2nc(-c3ccc(F)cc3)cs2)cc1. The predicted molar refractivity (Wildman–Crippen MR) is 93.1 cm³/mol. The third-order valence-electron chi connectivity index (χ3n) is 3.21. The topological polar surface area (TPSA) is 63.2 Å². The smallest absolute Gasteiger partial charge is 0.325 e. The molecule has 122 valence electrons. The van der Waals surface area contributed by atoms with E-state index in [1.807, 2.05) is 0 Å². The second kappa shape index (κ2) is 7.10. The normalized spacial score (nSPS) is 10.2. The average molecular weight is 343 g/mol. The van der Waals surface area contributed by atoms with Crippen LogP contribution in [0.2, 0.25) is 0 Å². The van der Waals surface area contributed by atoms with Gasteiger partial charge in [0.05, 0.1) is 12.8 Å². The number of amides is 2. The van der Waals surface area contributed by atoms with E-state index in [2.05, 4.69) is 15.6 Å². The van der Waals surface area contributed by atoms with E-state index in [0.29, 0.717) is 22.3 Å². The third kappa shape index (κ3) is 3.88. The number of thiazole rings is 1. The number of anilines is 2. The minimum atomic E-state index is -0.389. The van der Waals surface area contributed by atoms with Gasteiger partial charge in [0.25, 0.3) is 0 Å². The molecule has 0 unspecified atom stereocenters. The van der Waals surface area contributed by atoms with Crippen molar-refractivity contribution in [1.82, 2.24) is 4.98 Å². The number of benzene rings is 2. The van der Waals surface area contributed by atoms with E-state index in [4.69, 9.17) is 4.74 Å². The van der Waals surface area contributed by atoms with Crippen molar-refractivity contribution >= 4 is 28.2 Å². The molecule has 0 saturated carbocycles. The summed E-state index contributed by atoms with van der Waals surface area (Å²) in [5, 5.41) is 7.64. The molecule has 0 aliphatic rings. The van der Waals surface area contributed by atoms with Crippen LogP contribution in [0.5, 0.6) is 5.75 Å². The van der Waals surface area contributed by atoms with Gasteiger partial charge >= 0.3 is 6.03 Å². The van der Waals surface area contributed by atoms with Crippen molar-refractivity contribution in [2.45, 2.75) is 0 Å². The zero-order valence-electron chi connectivity index (χ0n) is 12.7. The Kier molecular flexibility index (Phi) is 4.72. The number of carbonyl (C=O) groups is 1. The molecule has 1 aromatic heterocycles. The molecule has 1 heterocycles. The molecule has 0 radical (unpaired) electrons. The monoisotopic (exact) mass is 343 g/mol. The maximum Gasteiger partial charge on any atom is 0.325 e. The quantitative estimate of drug-likeness (QED) is 0.727. The number of aromatic nitrogens is 1. The summed E-state index contributed by atoms with van der Waals surface area (Å²) in [7, 11) is 1.58. The predicted octanol–water partition coefficient (Wildman–Crippen LogP) is 4.60.